The van der Waals surface area contributed by atoms with E-state index >= 15 is 0 Å². The Bertz CT molecular complexity index is 303. The smallest absolute Gasteiger partial charge is 0.159 e. The second-order valence-electron chi connectivity index (χ2n) is 2.64. The van der Waals surface area contributed by atoms with Crippen molar-refractivity contribution < 1.29 is 4.84 Å². The molecule has 0 aliphatic carbocycles. The van der Waals surface area contributed by atoms with E-state index in [4.69, 9.17) is 16.4 Å². The van der Waals surface area contributed by atoms with Crippen LogP contribution in [0.15, 0.2) is 29.4 Å². The van der Waals surface area contributed by atoms with E-state index in [0.29, 0.717) is 0 Å². The number of benzene rings is 1. The van der Waals surface area contributed by atoms with Gasteiger partial charge in [-0.05, 0) is 6.07 Å². The van der Waals surface area contributed by atoms with Crippen LogP contribution in [0.1, 0.15) is 18.1 Å². The monoisotopic (exact) mass is 181 g/mol. The summed E-state index contributed by atoms with van der Waals surface area (Å²) in [6, 6.07) is 7.67. The third-order valence-electron chi connectivity index (χ3n) is 1.83. The van der Waals surface area contributed by atoms with Crippen molar-refractivity contribution in [1.82, 2.24) is 0 Å². The van der Waals surface area contributed by atoms with Gasteiger partial charge >= 0.3 is 0 Å². The number of hydrogen-bond donors (Lipinski definition) is 0. The van der Waals surface area contributed by atoms with E-state index in [1.54, 1.807) is 6.21 Å². The molecular weight excluding hydrogens is 174 g/mol. The Morgan fingerprint density at radius 3 is 2.92 bits per heavy atom. The van der Waals surface area contributed by atoms with E-state index in [1.807, 2.05) is 24.3 Å². The van der Waals surface area contributed by atoms with Gasteiger partial charge in [-0.1, -0.05) is 35.0 Å². The standard InChI is InChI=1S/C9H8ClNO/c10-8-4-2-1-3-7(8)9-5-6-11-12-9/h1-4,6,9H,5H2. The van der Waals surface area contributed by atoms with Gasteiger partial charge in [-0.3, -0.25) is 0 Å². The van der Waals surface area contributed by atoms with Gasteiger partial charge < -0.3 is 4.84 Å². The van der Waals surface area contributed by atoms with E-state index in [1.165, 1.54) is 0 Å². The van der Waals surface area contributed by atoms with Crippen molar-refractivity contribution in [2.75, 3.05) is 0 Å². The number of oxime groups is 1. The van der Waals surface area contributed by atoms with Crippen LogP contribution in [0.3, 0.4) is 0 Å². The van der Waals surface area contributed by atoms with Gasteiger partial charge in [0.15, 0.2) is 6.10 Å². The molecule has 0 bridgehead atoms. The van der Waals surface area contributed by atoms with Crippen molar-refractivity contribution in [2.45, 2.75) is 12.5 Å². The molecule has 0 saturated carbocycles. The second-order valence-corrected chi connectivity index (χ2v) is 3.05. The molecule has 0 aromatic heterocycles. The molecule has 3 heteroatoms. The molecule has 0 N–H and O–H groups in total. The molecule has 2 nitrogen and oxygen atoms in total. The van der Waals surface area contributed by atoms with Crippen molar-refractivity contribution in [3.05, 3.63) is 34.9 Å². The highest BCUT2D eigenvalue weighted by molar-refractivity contribution is 6.31. The van der Waals surface area contributed by atoms with E-state index < -0.39 is 0 Å². The predicted octanol–water partition coefficient (Wildman–Crippen LogP) is 2.79. The zero-order valence-electron chi connectivity index (χ0n) is 6.40. The molecule has 1 aromatic carbocycles. The van der Waals surface area contributed by atoms with E-state index in [0.717, 1.165) is 17.0 Å². The van der Waals surface area contributed by atoms with Gasteiger partial charge in [-0.2, -0.15) is 0 Å². The molecule has 0 spiro atoms. The van der Waals surface area contributed by atoms with Crippen LogP contribution in [0.25, 0.3) is 0 Å². The van der Waals surface area contributed by atoms with Crippen molar-refractivity contribution in [3.63, 3.8) is 0 Å². The lowest BCUT2D eigenvalue weighted by Crippen LogP contribution is -1.95. The second kappa shape index (κ2) is 3.15. The Morgan fingerprint density at radius 2 is 2.25 bits per heavy atom. The Labute approximate surface area is 75.8 Å². The topological polar surface area (TPSA) is 21.6 Å². The van der Waals surface area contributed by atoms with Gasteiger partial charge in [-0.15, -0.1) is 0 Å². The van der Waals surface area contributed by atoms with Gasteiger partial charge in [0, 0.05) is 23.2 Å². The van der Waals surface area contributed by atoms with E-state index in [2.05, 4.69) is 5.16 Å². The summed E-state index contributed by atoms with van der Waals surface area (Å²) < 4.78 is 0. The number of rotatable bonds is 1. The van der Waals surface area contributed by atoms with Crippen LogP contribution >= 0.6 is 11.6 Å². The summed E-state index contributed by atoms with van der Waals surface area (Å²) in [4.78, 5) is 5.10. The SMILES string of the molecule is Clc1ccccc1C1CC=NO1. The Balaban J connectivity index is 2.27. The fourth-order valence-electron chi connectivity index (χ4n) is 1.22. The maximum absolute atomic E-state index is 5.97. The Kier molecular flexibility index (Phi) is 2.00. The van der Waals surface area contributed by atoms with Crippen molar-refractivity contribution in [2.24, 2.45) is 5.16 Å². The first-order valence-electron chi connectivity index (χ1n) is 3.80. The number of halogens is 1. The van der Waals surface area contributed by atoms with Crippen LogP contribution in [0.5, 0.6) is 0 Å². The summed E-state index contributed by atoms with van der Waals surface area (Å²) in [5, 5.41) is 4.44. The lowest BCUT2D eigenvalue weighted by Gasteiger charge is -2.09. The Hall–Kier alpha value is -1.02. The molecule has 1 atom stereocenters. The summed E-state index contributed by atoms with van der Waals surface area (Å²) in [5.41, 5.74) is 1.01. The largest absolute Gasteiger partial charge is 0.388 e. The van der Waals surface area contributed by atoms with Gasteiger partial charge in [0.2, 0.25) is 0 Å². The summed E-state index contributed by atoms with van der Waals surface area (Å²) in [5.74, 6) is 0. The van der Waals surface area contributed by atoms with Crippen molar-refractivity contribution in [1.29, 1.82) is 0 Å². The molecule has 1 unspecified atom stereocenters. The number of hydrogen-bond acceptors (Lipinski definition) is 2. The molecule has 1 aliphatic rings. The molecular formula is C9H8ClNO. The minimum atomic E-state index is 0.0127. The molecule has 0 radical (unpaired) electrons. The lowest BCUT2D eigenvalue weighted by atomic mass is 10.1. The highest BCUT2D eigenvalue weighted by Crippen LogP contribution is 2.29. The molecule has 62 valence electrons. The minimum absolute atomic E-state index is 0.0127. The molecule has 0 fully saturated rings. The predicted molar refractivity (Wildman–Crippen MR) is 48.4 cm³/mol. The average Bonchev–Trinajstić information content (AvgIpc) is 2.57. The van der Waals surface area contributed by atoms with E-state index in [-0.39, 0.29) is 6.10 Å². The maximum atomic E-state index is 5.97. The zero-order valence-corrected chi connectivity index (χ0v) is 7.16. The minimum Gasteiger partial charge on any atom is -0.388 e. The fraction of sp³-hybridized carbons (Fsp3) is 0.222. The normalized spacial score (nSPS) is 20.9. The van der Waals surface area contributed by atoms with Crippen LogP contribution in [0.2, 0.25) is 5.02 Å². The van der Waals surface area contributed by atoms with Crippen LogP contribution in [0.4, 0.5) is 0 Å². The molecule has 1 heterocycles. The third kappa shape index (κ3) is 1.30. The fourth-order valence-corrected chi connectivity index (χ4v) is 1.48. The third-order valence-corrected chi connectivity index (χ3v) is 2.18. The quantitative estimate of drug-likeness (QED) is 0.653. The number of nitrogens with zero attached hydrogens (tertiary/aromatic N) is 1. The first-order chi connectivity index (χ1) is 5.88. The highest BCUT2D eigenvalue weighted by atomic mass is 35.5. The van der Waals surface area contributed by atoms with E-state index in [9.17, 15) is 0 Å². The molecule has 1 aliphatic heterocycles. The molecule has 0 amide bonds. The molecule has 12 heavy (non-hydrogen) atoms. The van der Waals surface area contributed by atoms with Crippen LogP contribution in [0, 0.1) is 0 Å². The highest BCUT2D eigenvalue weighted by Gasteiger charge is 2.17. The Morgan fingerprint density at radius 1 is 1.42 bits per heavy atom. The average molecular weight is 182 g/mol. The summed E-state index contributed by atoms with van der Waals surface area (Å²) in [7, 11) is 0. The van der Waals surface area contributed by atoms with Gasteiger partial charge in [0.25, 0.3) is 0 Å². The van der Waals surface area contributed by atoms with Crippen LogP contribution in [-0.2, 0) is 4.84 Å². The van der Waals surface area contributed by atoms with Gasteiger partial charge in [-0.25, -0.2) is 0 Å². The summed E-state index contributed by atoms with van der Waals surface area (Å²) >= 11 is 5.97. The summed E-state index contributed by atoms with van der Waals surface area (Å²) in [6.45, 7) is 0. The first-order valence-corrected chi connectivity index (χ1v) is 4.18. The zero-order chi connectivity index (χ0) is 8.39. The molecule has 1 aromatic rings. The lowest BCUT2D eigenvalue weighted by molar-refractivity contribution is 0.0859. The van der Waals surface area contributed by atoms with Crippen molar-refractivity contribution >= 4 is 17.8 Å². The molecule has 2 rings (SSSR count). The van der Waals surface area contributed by atoms with Gasteiger partial charge in [0.05, 0.1) is 0 Å². The molecule has 0 saturated heterocycles. The van der Waals surface area contributed by atoms with Crippen molar-refractivity contribution in [3.8, 4) is 0 Å². The van der Waals surface area contributed by atoms with Gasteiger partial charge in [0.1, 0.15) is 0 Å². The maximum Gasteiger partial charge on any atom is 0.159 e. The first kappa shape index (κ1) is 7.62. The van der Waals surface area contributed by atoms with Crippen LogP contribution < -0.4 is 0 Å². The summed E-state index contributed by atoms with van der Waals surface area (Å²) in [6.07, 6.45) is 2.58. The van der Waals surface area contributed by atoms with Crippen LogP contribution in [-0.4, -0.2) is 6.21 Å².